The van der Waals surface area contributed by atoms with Crippen LogP contribution in [0.4, 0.5) is 5.69 Å². The van der Waals surface area contributed by atoms with Crippen molar-refractivity contribution in [3.05, 3.63) is 63.6 Å². The lowest BCUT2D eigenvalue weighted by atomic mass is 10.2. The molecule has 5 nitrogen and oxygen atoms in total. The Balaban J connectivity index is 2.05. The first-order valence-corrected chi connectivity index (χ1v) is 7.44. The summed E-state index contributed by atoms with van der Waals surface area (Å²) in [5.74, 6) is -1.59. The summed E-state index contributed by atoms with van der Waals surface area (Å²) in [4.78, 5) is 22.9. The number of carboxylic acids is 1. The molecule has 0 bridgehead atoms. The van der Waals surface area contributed by atoms with Gasteiger partial charge in [-0.3, -0.25) is 10.1 Å². The number of amides is 1. The fourth-order valence-electron chi connectivity index (χ4n) is 1.74. The number of carbonyl (C=O) groups excluding carboxylic acids is 1. The summed E-state index contributed by atoms with van der Waals surface area (Å²) >= 11 is 16.8. The van der Waals surface area contributed by atoms with Gasteiger partial charge in [0.15, 0.2) is 5.11 Å². The summed E-state index contributed by atoms with van der Waals surface area (Å²) in [6.45, 7) is 0. The molecule has 0 unspecified atom stereocenters. The first-order valence-electron chi connectivity index (χ1n) is 6.28. The van der Waals surface area contributed by atoms with Crippen LogP contribution >= 0.6 is 35.4 Å². The predicted octanol–water partition coefficient (Wildman–Crippen LogP) is 3.82. The third-order valence-corrected chi connectivity index (χ3v) is 3.65. The number of nitrogens with one attached hydrogen (secondary N) is 2. The third kappa shape index (κ3) is 4.41. The van der Waals surface area contributed by atoms with Gasteiger partial charge in [0, 0.05) is 5.69 Å². The number of rotatable bonds is 3. The summed E-state index contributed by atoms with van der Waals surface area (Å²) in [6, 6.07) is 10.8. The minimum absolute atomic E-state index is 0.0248. The molecule has 8 heteroatoms. The molecule has 0 radical (unpaired) electrons. The first-order chi connectivity index (χ1) is 10.9. The molecule has 0 atom stereocenters. The summed E-state index contributed by atoms with van der Waals surface area (Å²) in [5.41, 5.74) is 0.713. The fraction of sp³-hybridized carbons (Fsp3) is 0. The van der Waals surface area contributed by atoms with Crippen LogP contribution in [0.3, 0.4) is 0 Å². The van der Waals surface area contributed by atoms with Gasteiger partial charge >= 0.3 is 5.97 Å². The van der Waals surface area contributed by atoms with Crippen molar-refractivity contribution in [2.45, 2.75) is 0 Å². The number of hydrogen-bond donors (Lipinski definition) is 3. The molecule has 0 aliphatic rings. The molecule has 0 spiro atoms. The van der Waals surface area contributed by atoms with Crippen LogP contribution in [0.2, 0.25) is 10.0 Å². The third-order valence-electron chi connectivity index (χ3n) is 2.80. The molecule has 2 rings (SSSR count). The topological polar surface area (TPSA) is 78.4 Å². The van der Waals surface area contributed by atoms with E-state index in [1.807, 2.05) is 0 Å². The van der Waals surface area contributed by atoms with Crippen LogP contribution in [0.5, 0.6) is 0 Å². The summed E-state index contributed by atoms with van der Waals surface area (Å²) < 4.78 is 0. The van der Waals surface area contributed by atoms with Gasteiger partial charge < -0.3 is 10.4 Å². The minimum Gasteiger partial charge on any atom is -0.478 e. The molecule has 0 saturated carbocycles. The largest absolute Gasteiger partial charge is 0.478 e. The highest BCUT2D eigenvalue weighted by molar-refractivity contribution is 7.80. The summed E-state index contributed by atoms with van der Waals surface area (Å²) in [7, 11) is 0. The van der Waals surface area contributed by atoms with E-state index in [-0.39, 0.29) is 21.3 Å². The van der Waals surface area contributed by atoms with Crippen LogP contribution in [0.25, 0.3) is 0 Å². The van der Waals surface area contributed by atoms with Crippen LogP contribution in [0.1, 0.15) is 20.7 Å². The van der Waals surface area contributed by atoms with Gasteiger partial charge in [-0.15, -0.1) is 0 Å². The molecule has 1 amide bonds. The number of carbonyl (C=O) groups is 2. The summed E-state index contributed by atoms with van der Waals surface area (Å²) in [5, 5.41) is 14.5. The molecular formula is C15H10Cl2N2O3S. The lowest BCUT2D eigenvalue weighted by Crippen LogP contribution is -2.34. The van der Waals surface area contributed by atoms with E-state index in [0.717, 1.165) is 0 Å². The van der Waals surface area contributed by atoms with Gasteiger partial charge in [0.1, 0.15) is 0 Å². The van der Waals surface area contributed by atoms with Crippen molar-refractivity contribution in [2.24, 2.45) is 0 Å². The van der Waals surface area contributed by atoms with Gasteiger partial charge in [0.25, 0.3) is 5.91 Å². The second-order valence-corrected chi connectivity index (χ2v) is 5.61. The van der Waals surface area contributed by atoms with Crippen LogP contribution in [0, 0.1) is 0 Å². The van der Waals surface area contributed by atoms with E-state index >= 15 is 0 Å². The van der Waals surface area contributed by atoms with E-state index in [1.54, 1.807) is 24.3 Å². The van der Waals surface area contributed by atoms with Crippen molar-refractivity contribution in [2.75, 3.05) is 5.32 Å². The number of aromatic carboxylic acids is 1. The molecule has 0 fully saturated rings. The average Bonchev–Trinajstić information content (AvgIpc) is 2.47. The second kappa shape index (κ2) is 7.41. The monoisotopic (exact) mass is 368 g/mol. The van der Waals surface area contributed by atoms with Crippen LogP contribution in [-0.4, -0.2) is 22.1 Å². The SMILES string of the molecule is O=C(O)c1ccc(NC(=S)NC(=O)c2ccccc2Cl)cc1Cl. The molecule has 2 aromatic carbocycles. The number of halogens is 2. The van der Waals surface area contributed by atoms with Crippen molar-refractivity contribution >= 4 is 58.1 Å². The van der Waals surface area contributed by atoms with E-state index in [9.17, 15) is 9.59 Å². The molecule has 3 N–H and O–H groups in total. The van der Waals surface area contributed by atoms with Crippen molar-refractivity contribution in [1.29, 1.82) is 0 Å². The maximum atomic E-state index is 12.0. The van der Waals surface area contributed by atoms with E-state index in [0.29, 0.717) is 10.7 Å². The van der Waals surface area contributed by atoms with E-state index < -0.39 is 11.9 Å². The molecule has 0 aliphatic carbocycles. The Kier molecular flexibility index (Phi) is 5.54. The highest BCUT2D eigenvalue weighted by Gasteiger charge is 2.12. The van der Waals surface area contributed by atoms with Crippen LogP contribution in [-0.2, 0) is 0 Å². The Bertz CT molecular complexity index is 796. The Morgan fingerprint density at radius 2 is 1.70 bits per heavy atom. The van der Waals surface area contributed by atoms with Gasteiger partial charge in [0.05, 0.1) is 21.2 Å². The van der Waals surface area contributed by atoms with Gasteiger partial charge in [-0.1, -0.05) is 35.3 Å². The zero-order valence-electron chi connectivity index (χ0n) is 11.5. The van der Waals surface area contributed by atoms with Crippen molar-refractivity contribution in [3.8, 4) is 0 Å². The standard InChI is InChI=1S/C15H10Cl2N2O3S/c16-11-4-2-1-3-9(11)13(20)19-15(23)18-8-5-6-10(14(21)22)12(17)7-8/h1-7H,(H,21,22)(H2,18,19,20,23). The number of anilines is 1. The normalized spacial score (nSPS) is 10.0. The lowest BCUT2D eigenvalue weighted by Gasteiger charge is -2.11. The molecule has 23 heavy (non-hydrogen) atoms. The van der Waals surface area contributed by atoms with Gasteiger partial charge in [-0.25, -0.2) is 4.79 Å². The lowest BCUT2D eigenvalue weighted by molar-refractivity contribution is 0.0697. The maximum Gasteiger partial charge on any atom is 0.337 e. The highest BCUT2D eigenvalue weighted by Crippen LogP contribution is 2.21. The number of carboxylic acid groups (broad SMARTS) is 1. The van der Waals surface area contributed by atoms with Crippen LogP contribution in [0.15, 0.2) is 42.5 Å². The number of hydrogen-bond acceptors (Lipinski definition) is 3. The quantitative estimate of drug-likeness (QED) is 0.717. The molecule has 118 valence electrons. The Morgan fingerprint density at radius 1 is 1.00 bits per heavy atom. The molecule has 2 aromatic rings. The predicted molar refractivity (Wildman–Crippen MR) is 93.6 cm³/mol. The average molecular weight is 369 g/mol. The molecule has 0 aliphatic heterocycles. The van der Waals surface area contributed by atoms with Gasteiger partial charge in [0.2, 0.25) is 0 Å². The molecule has 0 saturated heterocycles. The Morgan fingerprint density at radius 3 is 2.30 bits per heavy atom. The van der Waals surface area contributed by atoms with E-state index in [1.165, 1.54) is 18.2 Å². The van der Waals surface area contributed by atoms with Crippen molar-refractivity contribution in [3.63, 3.8) is 0 Å². The number of thiocarbonyl (C=S) groups is 1. The number of benzene rings is 2. The molecule has 0 aromatic heterocycles. The Labute approximate surface area is 147 Å². The second-order valence-electron chi connectivity index (χ2n) is 4.39. The van der Waals surface area contributed by atoms with Gasteiger partial charge in [-0.05, 0) is 42.5 Å². The smallest absolute Gasteiger partial charge is 0.337 e. The fourth-order valence-corrected chi connectivity index (χ4v) is 2.44. The van der Waals surface area contributed by atoms with Crippen molar-refractivity contribution in [1.82, 2.24) is 5.32 Å². The van der Waals surface area contributed by atoms with Crippen molar-refractivity contribution < 1.29 is 14.7 Å². The van der Waals surface area contributed by atoms with Gasteiger partial charge in [-0.2, -0.15) is 0 Å². The highest BCUT2D eigenvalue weighted by atomic mass is 35.5. The van der Waals surface area contributed by atoms with E-state index in [2.05, 4.69) is 10.6 Å². The summed E-state index contributed by atoms with van der Waals surface area (Å²) in [6.07, 6.45) is 0. The zero-order chi connectivity index (χ0) is 17.0. The molecule has 0 heterocycles. The van der Waals surface area contributed by atoms with Crippen LogP contribution < -0.4 is 10.6 Å². The first kappa shape index (κ1) is 17.2. The zero-order valence-corrected chi connectivity index (χ0v) is 13.8. The van der Waals surface area contributed by atoms with E-state index in [4.69, 9.17) is 40.5 Å². The minimum atomic E-state index is -1.13. The Hall–Kier alpha value is -2.15. The molecular weight excluding hydrogens is 359 g/mol. The maximum absolute atomic E-state index is 12.0.